The second-order valence-corrected chi connectivity index (χ2v) is 10.2. The molecule has 41 heavy (non-hydrogen) atoms. The van der Waals surface area contributed by atoms with Gasteiger partial charge in [0.1, 0.15) is 30.3 Å². The monoisotopic (exact) mass is 574 g/mol. The van der Waals surface area contributed by atoms with Gasteiger partial charge < -0.3 is 46.9 Å². The van der Waals surface area contributed by atoms with E-state index in [1.54, 1.807) is 13.1 Å². The zero-order chi connectivity index (χ0) is 30.4. The van der Waals surface area contributed by atoms with Gasteiger partial charge >= 0.3 is 5.97 Å². The summed E-state index contributed by atoms with van der Waals surface area (Å²) >= 11 is 0. The molecule has 224 valence electrons. The lowest BCUT2D eigenvalue weighted by Gasteiger charge is -2.29. The van der Waals surface area contributed by atoms with Crippen molar-refractivity contribution in [2.45, 2.75) is 82.5 Å². The Morgan fingerprint density at radius 1 is 1.17 bits per heavy atom. The van der Waals surface area contributed by atoms with Crippen LogP contribution in [0.2, 0.25) is 0 Å². The van der Waals surface area contributed by atoms with Gasteiger partial charge in [0.15, 0.2) is 0 Å². The van der Waals surface area contributed by atoms with E-state index < -0.39 is 72.1 Å². The molecule has 14 nitrogen and oxygen atoms in total. The highest BCUT2D eigenvalue weighted by molar-refractivity contribution is 5.96. The fourth-order valence-electron chi connectivity index (χ4n) is 4.90. The summed E-state index contributed by atoms with van der Waals surface area (Å²) < 4.78 is 5.25. The Morgan fingerprint density at radius 3 is 2.46 bits per heavy atom. The van der Waals surface area contributed by atoms with Crippen LogP contribution < -0.4 is 22.1 Å². The van der Waals surface area contributed by atoms with E-state index in [2.05, 4.69) is 15.6 Å². The Labute approximate surface area is 236 Å². The van der Waals surface area contributed by atoms with Gasteiger partial charge in [-0.15, -0.1) is 0 Å². The molecule has 4 amide bonds. The predicted molar refractivity (Wildman–Crippen MR) is 147 cm³/mol. The third-order valence-electron chi connectivity index (χ3n) is 7.12. The van der Waals surface area contributed by atoms with Crippen molar-refractivity contribution in [3.63, 3.8) is 0 Å². The van der Waals surface area contributed by atoms with Gasteiger partial charge in [-0.1, -0.05) is 25.1 Å². The molecular weight excluding hydrogens is 536 g/mol. The number of benzene rings is 1. The second-order valence-electron chi connectivity index (χ2n) is 10.2. The zero-order valence-corrected chi connectivity index (χ0v) is 23.2. The average Bonchev–Trinajstić information content (AvgIpc) is 3.53. The largest absolute Gasteiger partial charge is 0.461 e. The first-order valence-corrected chi connectivity index (χ1v) is 13.4. The molecule has 0 unspecified atom stereocenters. The number of ether oxygens (including phenoxy) is 1. The van der Waals surface area contributed by atoms with Crippen molar-refractivity contribution < 1.29 is 38.9 Å². The summed E-state index contributed by atoms with van der Waals surface area (Å²) in [7, 11) is 0. The normalized spacial score (nSPS) is 20.5. The summed E-state index contributed by atoms with van der Waals surface area (Å²) in [6.07, 6.45) is -1.48. The van der Waals surface area contributed by atoms with Crippen LogP contribution >= 0.6 is 0 Å². The molecule has 0 spiro atoms. The second kappa shape index (κ2) is 13.6. The molecule has 1 aliphatic heterocycles. The number of amides is 4. The number of aromatic nitrogens is 1. The molecule has 0 saturated carbocycles. The summed E-state index contributed by atoms with van der Waals surface area (Å²) in [5.74, 6) is -3.81. The predicted octanol–water partition coefficient (Wildman–Crippen LogP) is -1.82. The number of nitrogens with zero attached hydrogens (tertiary/aromatic N) is 1. The van der Waals surface area contributed by atoms with Gasteiger partial charge in [-0.2, -0.15) is 0 Å². The number of hydrogen-bond acceptors (Lipinski definition) is 9. The van der Waals surface area contributed by atoms with Gasteiger partial charge in [-0.05, 0) is 25.0 Å². The van der Waals surface area contributed by atoms with Crippen molar-refractivity contribution in [2.24, 2.45) is 11.5 Å². The number of para-hydroxylation sites is 1. The first kappa shape index (κ1) is 31.5. The van der Waals surface area contributed by atoms with E-state index in [1.165, 1.54) is 13.8 Å². The minimum Gasteiger partial charge on any atom is -0.461 e. The van der Waals surface area contributed by atoms with Crippen LogP contribution in [-0.4, -0.2) is 98.7 Å². The van der Waals surface area contributed by atoms with Crippen LogP contribution in [0.15, 0.2) is 30.5 Å². The summed E-state index contributed by atoms with van der Waals surface area (Å²) in [5, 5.41) is 25.9. The topological polar surface area (TPSA) is 230 Å². The average molecular weight is 575 g/mol. The molecule has 0 bridgehead atoms. The lowest BCUT2D eigenvalue weighted by molar-refractivity contribution is -0.147. The summed E-state index contributed by atoms with van der Waals surface area (Å²) in [6, 6.07) is 2.14. The maximum Gasteiger partial charge on any atom is 0.302 e. The van der Waals surface area contributed by atoms with E-state index in [-0.39, 0.29) is 25.8 Å². The molecule has 14 heteroatoms. The molecule has 1 saturated heterocycles. The SMILES string of the molecule is CC[C@@H](O)[C@H](N)C(=O)N1C[C@H](OC(C)=O)C[C@H]1C(=O)N[C@@H](Cc1c[nH]c2ccccc12)C(=O)N[C@H](C(N)=O)[C@@H](C)O. The number of aromatic amines is 1. The van der Waals surface area contributed by atoms with Crippen molar-refractivity contribution >= 4 is 40.5 Å². The van der Waals surface area contributed by atoms with Gasteiger partial charge in [0.05, 0.1) is 18.8 Å². The molecule has 2 heterocycles. The number of H-pyrrole nitrogens is 1. The third kappa shape index (κ3) is 7.60. The first-order valence-electron chi connectivity index (χ1n) is 13.4. The Balaban J connectivity index is 1.91. The summed E-state index contributed by atoms with van der Waals surface area (Å²) in [4.78, 5) is 67.9. The number of primary amides is 1. The minimum atomic E-state index is -1.42. The van der Waals surface area contributed by atoms with Gasteiger partial charge in [0.25, 0.3) is 0 Å². The molecule has 1 aromatic carbocycles. The highest BCUT2D eigenvalue weighted by Crippen LogP contribution is 2.24. The first-order chi connectivity index (χ1) is 19.3. The fourth-order valence-corrected chi connectivity index (χ4v) is 4.90. The quantitative estimate of drug-likeness (QED) is 0.141. The van der Waals surface area contributed by atoms with E-state index in [0.717, 1.165) is 15.8 Å². The molecule has 1 aromatic heterocycles. The number of hydrogen-bond donors (Lipinski definition) is 7. The van der Waals surface area contributed by atoms with Crippen LogP contribution in [0.4, 0.5) is 0 Å². The van der Waals surface area contributed by atoms with Crippen molar-refractivity contribution in [3.05, 3.63) is 36.0 Å². The Kier molecular flexibility index (Phi) is 10.4. The number of aliphatic hydroxyl groups excluding tert-OH is 2. The van der Waals surface area contributed by atoms with Gasteiger partial charge in [0.2, 0.25) is 23.6 Å². The highest BCUT2D eigenvalue weighted by Gasteiger charge is 2.44. The number of fused-ring (bicyclic) bond motifs is 1. The maximum atomic E-state index is 13.6. The van der Waals surface area contributed by atoms with Gasteiger partial charge in [-0.25, -0.2) is 0 Å². The minimum absolute atomic E-state index is 0.0189. The molecule has 9 N–H and O–H groups in total. The van der Waals surface area contributed by atoms with E-state index >= 15 is 0 Å². The number of rotatable bonds is 12. The van der Waals surface area contributed by atoms with Crippen LogP contribution in [0.5, 0.6) is 0 Å². The van der Waals surface area contributed by atoms with Crippen LogP contribution in [0, 0.1) is 0 Å². The Bertz CT molecular complexity index is 1280. The standard InChI is InChI=1S/C27H38N6O8/c1-4-21(36)22(28)27(40)33-12-16(41-14(3)35)10-20(33)26(39)31-19(25(38)32-23(13(2)34)24(29)37)9-15-11-30-18-8-6-5-7-17(15)18/h5-8,11,13,16,19-23,30,34,36H,4,9-10,12,28H2,1-3H3,(H2,29,37)(H,31,39)(H,32,38)/t13-,16-,19+,20+,21-,22+,23+/m1/s1. The molecule has 3 rings (SSSR count). The highest BCUT2D eigenvalue weighted by atomic mass is 16.5. The van der Waals surface area contributed by atoms with E-state index in [1.807, 2.05) is 24.3 Å². The maximum absolute atomic E-state index is 13.6. The van der Waals surface area contributed by atoms with Crippen LogP contribution in [-0.2, 0) is 35.1 Å². The Hall–Kier alpha value is -4.01. The Morgan fingerprint density at radius 2 is 1.85 bits per heavy atom. The molecule has 0 radical (unpaired) electrons. The number of esters is 1. The van der Waals surface area contributed by atoms with Crippen molar-refractivity contribution in [1.29, 1.82) is 0 Å². The molecule has 1 aliphatic rings. The smallest absolute Gasteiger partial charge is 0.302 e. The van der Waals surface area contributed by atoms with Crippen molar-refractivity contribution in [2.75, 3.05) is 6.54 Å². The molecule has 7 atom stereocenters. The number of carbonyl (C=O) groups is 5. The van der Waals surface area contributed by atoms with Crippen molar-refractivity contribution in [1.82, 2.24) is 20.5 Å². The van der Waals surface area contributed by atoms with E-state index in [4.69, 9.17) is 16.2 Å². The number of nitrogens with one attached hydrogen (secondary N) is 3. The van der Waals surface area contributed by atoms with Gasteiger partial charge in [0, 0.05) is 36.9 Å². The fraction of sp³-hybridized carbons (Fsp3) is 0.519. The number of nitrogens with two attached hydrogens (primary N) is 2. The van der Waals surface area contributed by atoms with Crippen molar-refractivity contribution in [3.8, 4) is 0 Å². The van der Waals surface area contributed by atoms with E-state index in [9.17, 15) is 34.2 Å². The lowest BCUT2D eigenvalue weighted by Crippen LogP contribution is -2.59. The van der Waals surface area contributed by atoms with E-state index in [0.29, 0.717) is 5.56 Å². The van der Waals surface area contributed by atoms with Crippen LogP contribution in [0.1, 0.15) is 39.2 Å². The zero-order valence-electron chi connectivity index (χ0n) is 23.2. The summed E-state index contributed by atoms with van der Waals surface area (Å²) in [5.41, 5.74) is 12.8. The van der Waals surface area contributed by atoms with Crippen LogP contribution in [0.3, 0.4) is 0 Å². The third-order valence-corrected chi connectivity index (χ3v) is 7.12. The molecule has 1 fully saturated rings. The molecule has 2 aromatic rings. The number of carbonyl (C=O) groups excluding carboxylic acids is 5. The molecule has 0 aliphatic carbocycles. The number of aliphatic hydroxyl groups is 2. The lowest BCUT2D eigenvalue weighted by atomic mass is 10.0. The van der Waals surface area contributed by atoms with Crippen LogP contribution in [0.25, 0.3) is 10.9 Å². The van der Waals surface area contributed by atoms with Gasteiger partial charge in [-0.3, -0.25) is 24.0 Å². The number of likely N-dealkylation sites (tertiary alicyclic amines) is 1. The summed E-state index contributed by atoms with van der Waals surface area (Å²) in [6.45, 7) is 4.00. The molecular formula is C27H38N6O8.